The van der Waals surface area contributed by atoms with Crippen LogP contribution in [0.25, 0.3) is 10.1 Å². The van der Waals surface area contributed by atoms with Crippen LogP contribution >= 0.6 is 11.3 Å². The van der Waals surface area contributed by atoms with Gasteiger partial charge in [0.2, 0.25) is 5.91 Å². The first-order chi connectivity index (χ1) is 13.1. The molecule has 7 heteroatoms. The van der Waals surface area contributed by atoms with E-state index in [1.807, 2.05) is 6.07 Å². The molecule has 5 nitrogen and oxygen atoms in total. The van der Waals surface area contributed by atoms with E-state index in [1.54, 1.807) is 42.4 Å². The van der Waals surface area contributed by atoms with Gasteiger partial charge in [0.05, 0.1) is 16.8 Å². The average Bonchev–Trinajstić information content (AvgIpc) is 3.02. The number of aromatic nitrogens is 1. The molecule has 3 aromatic rings. The monoisotopic (exact) mass is 383 g/mol. The lowest BCUT2D eigenvalue weighted by atomic mass is 10.0. The summed E-state index contributed by atoms with van der Waals surface area (Å²) in [7, 11) is 0. The SMILES string of the molecule is Cc1c(C(=O)NC2CCCN(c3cccnc3)C2=O)sc2cccc(F)c12. The van der Waals surface area contributed by atoms with Gasteiger partial charge in [-0.2, -0.15) is 0 Å². The van der Waals surface area contributed by atoms with E-state index in [1.165, 1.54) is 17.4 Å². The molecular formula is C20H18FN3O2S. The first kappa shape index (κ1) is 17.6. The molecule has 1 saturated heterocycles. The van der Waals surface area contributed by atoms with Crippen molar-refractivity contribution in [3.05, 3.63) is 59.0 Å². The molecule has 2 aromatic heterocycles. The van der Waals surface area contributed by atoms with Crippen molar-refractivity contribution in [2.24, 2.45) is 0 Å². The van der Waals surface area contributed by atoms with E-state index in [0.29, 0.717) is 28.8 Å². The predicted molar refractivity (Wildman–Crippen MR) is 104 cm³/mol. The second kappa shape index (κ2) is 7.08. The molecule has 1 aromatic carbocycles. The van der Waals surface area contributed by atoms with Crippen LogP contribution in [0.3, 0.4) is 0 Å². The van der Waals surface area contributed by atoms with E-state index in [0.717, 1.165) is 16.8 Å². The van der Waals surface area contributed by atoms with Crippen molar-refractivity contribution < 1.29 is 14.0 Å². The van der Waals surface area contributed by atoms with Crippen LogP contribution in [0.1, 0.15) is 28.1 Å². The van der Waals surface area contributed by atoms with Crippen LogP contribution in [0.2, 0.25) is 0 Å². The van der Waals surface area contributed by atoms with Crippen LogP contribution in [0.4, 0.5) is 10.1 Å². The van der Waals surface area contributed by atoms with Crippen LogP contribution < -0.4 is 10.2 Å². The summed E-state index contributed by atoms with van der Waals surface area (Å²) in [5, 5.41) is 3.32. The Morgan fingerprint density at radius 3 is 2.93 bits per heavy atom. The number of amides is 2. The normalized spacial score (nSPS) is 17.3. The van der Waals surface area contributed by atoms with Gasteiger partial charge in [0.25, 0.3) is 5.91 Å². The van der Waals surface area contributed by atoms with Crippen LogP contribution in [-0.4, -0.2) is 29.4 Å². The number of anilines is 1. The highest BCUT2D eigenvalue weighted by Gasteiger charge is 2.32. The van der Waals surface area contributed by atoms with Crippen molar-refractivity contribution in [3.63, 3.8) is 0 Å². The molecule has 0 bridgehead atoms. The Morgan fingerprint density at radius 1 is 1.33 bits per heavy atom. The molecule has 0 spiro atoms. The number of benzene rings is 1. The minimum atomic E-state index is -0.596. The molecule has 1 fully saturated rings. The van der Waals surface area contributed by atoms with E-state index < -0.39 is 6.04 Å². The number of hydrogen-bond donors (Lipinski definition) is 1. The summed E-state index contributed by atoms with van der Waals surface area (Å²) in [4.78, 5) is 31.8. The van der Waals surface area contributed by atoms with Crippen molar-refractivity contribution in [2.75, 3.05) is 11.4 Å². The number of nitrogens with one attached hydrogen (secondary N) is 1. The summed E-state index contributed by atoms with van der Waals surface area (Å²) < 4.78 is 14.8. The number of rotatable bonds is 3. The molecule has 4 rings (SSSR count). The Balaban J connectivity index is 1.57. The number of carbonyl (C=O) groups excluding carboxylic acids is 2. The van der Waals surface area contributed by atoms with Gasteiger partial charge in [0.15, 0.2) is 0 Å². The fourth-order valence-electron chi connectivity index (χ4n) is 3.47. The van der Waals surface area contributed by atoms with E-state index in [2.05, 4.69) is 10.3 Å². The lowest BCUT2D eigenvalue weighted by Gasteiger charge is -2.32. The van der Waals surface area contributed by atoms with Crippen molar-refractivity contribution in [1.82, 2.24) is 10.3 Å². The molecule has 1 unspecified atom stereocenters. The Kier molecular flexibility index (Phi) is 4.61. The highest BCUT2D eigenvalue weighted by atomic mass is 32.1. The lowest BCUT2D eigenvalue weighted by Crippen LogP contribution is -2.52. The second-order valence-corrected chi connectivity index (χ2v) is 7.59. The van der Waals surface area contributed by atoms with E-state index in [-0.39, 0.29) is 17.6 Å². The molecule has 0 aliphatic carbocycles. The smallest absolute Gasteiger partial charge is 0.262 e. The third-order valence-electron chi connectivity index (χ3n) is 4.81. The number of thiophene rings is 1. The van der Waals surface area contributed by atoms with Gasteiger partial charge >= 0.3 is 0 Å². The van der Waals surface area contributed by atoms with Gasteiger partial charge in [0, 0.05) is 22.8 Å². The summed E-state index contributed by atoms with van der Waals surface area (Å²) in [5.74, 6) is -0.816. The molecular weight excluding hydrogens is 365 g/mol. The highest BCUT2D eigenvalue weighted by molar-refractivity contribution is 7.21. The molecule has 1 aliphatic heterocycles. The number of piperidine rings is 1. The first-order valence-electron chi connectivity index (χ1n) is 8.76. The zero-order chi connectivity index (χ0) is 19.0. The quantitative estimate of drug-likeness (QED) is 0.751. The maximum absolute atomic E-state index is 14.1. The number of halogens is 1. The molecule has 0 saturated carbocycles. The molecule has 1 atom stereocenters. The third-order valence-corrected chi connectivity index (χ3v) is 6.07. The van der Waals surface area contributed by atoms with Gasteiger partial charge in [-0.15, -0.1) is 11.3 Å². The van der Waals surface area contributed by atoms with Crippen molar-refractivity contribution >= 4 is 38.9 Å². The zero-order valence-electron chi connectivity index (χ0n) is 14.7. The number of nitrogens with zero attached hydrogens (tertiary/aromatic N) is 2. The van der Waals surface area contributed by atoms with E-state index >= 15 is 0 Å². The Labute approximate surface area is 159 Å². The fourth-order valence-corrected chi connectivity index (χ4v) is 4.60. The molecule has 1 N–H and O–H groups in total. The number of fused-ring (bicyclic) bond motifs is 1. The van der Waals surface area contributed by atoms with Crippen molar-refractivity contribution in [2.45, 2.75) is 25.8 Å². The lowest BCUT2D eigenvalue weighted by molar-refractivity contribution is -0.121. The van der Waals surface area contributed by atoms with Crippen molar-refractivity contribution in [1.29, 1.82) is 0 Å². The van der Waals surface area contributed by atoms with E-state index in [4.69, 9.17) is 0 Å². The summed E-state index contributed by atoms with van der Waals surface area (Å²) in [6, 6.07) is 7.82. The standard InChI is InChI=1S/C20H18FN3O2S/c1-12-17-14(21)6-2-8-16(17)27-18(12)19(25)23-15-7-4-10-24(20(15)26)13-5-3-9-22-11-13/h2-3,5-6,8-9,11,15H,4,7,10H2,1H3,(H,23,25). The number of carbonyl (C=O) groups is 2. The van der Waals surface area contributed by atoms with Crippen LogP contribution in [0, 0.1) is 12.7 Å². The maximum atomic E-state index is 14.1. The Morgan fingerprint density at radius 2 is 2.19 bits per heavy atom. The molecule has 138 valence electrons. The molecule has 1 aliphatic rings. The van der Waals surface area contributed by atoms with Gasteiger partial charge in [-0.25, -0.2) is 4.39 Å². The Bertz CT molecular complexity index is 1020. The van der Waals surface area contributed by atoms with Crippen LogP contribution in [-0.2, 0) is 4.79 Å². The molecule has 3 heterocycles. The second-order valence-electron chi connectivity index (χ2n) is 6.54. The topological polar surface area (TPSA) is 62.3 Å². The zero-order valence-corrected chi connectivity index (χ0v) is 15.6. The van der Waals surface area contributed by atoms with Gasteiger partial charge in [-0.3, -0.25) is 14.6 Å². The van der Waals surface area contributed by atoms with Gasteiger partial charge in [-0.1, -0.05) is 6.07 Å². The number of hydrogen-bond acceptors (Lipinski definition) is 4. The summed E-state index contributed by atoms with van der Waals surface area (Å²) in [6.07, 6.45) is 4.66. The van der Waals surface area contributed by atoms with Crippen LogP contribution in [0.15, 0.2) is 42.7 Å². The van der Waals surface area contributed by atoms with E-state index in [9.17, 15) is 14.0 Å². The maximum Gasteiger partial charge on any atom is 0.262 e. The Hall–Kier alpha value is -2.80. The number of aryl methyl sites for hydroxylation is 1. The minimum absolute atomic E-state index is 0.146. The van der Waals surface area contributed by atoms with Gasteiger partial charge in [-0.05, 0) is 49.6 Å². The number of pyridine rings is 1. The first-order valence-corrected chi connectivity index (χ1v) is 9.58. The van der Waals surface area contributed by atoms with Gasteiger partial charge in [0.1, 0.15) is 11.9 Å². The summed E-state index contributed by atoms with van der Waals surface area (Å²) in [6.45, 7) is 2.34. The van der Waals surface area contributed by atoms with Gasteiger partial charge < -0.3 is 10.2 Å². The minimum Gasteiger partial charge on any atom is -0.340 e. The predicted octanol–water partition coefficient (Wildman–Crippen LogP) is 3.67. The summed E-state index contributed by atoms with van der Waals surface area (Å²) >= 11 is 1.25. The molecule has 27 heavy (non-hydrogen) atoms. The third kappa shape index (κ3) is 3.19. The fraction of sp³-hybridized carbons (Fsp3) is 0.250. The average molecular weight is 383 g/mol. The highest BCUT2D eigenvalue weighted by Crippen LogP contribution is 2.32. The largest absolute Gasteiger partial charge is 0.340 e. The molecule has 2 amide bonds. The summed E-state index contributed by atoms with van der Waals surface area (Å²) in [5.41, 5.74) is 1.33. The van der Waals surface area contributed by atoms with Crippen molar-refractivity contribution in [3.8, 4) is 0 Å². The van der Waals surface area contributed by atoms with Crippen LogP contribution in [0.5, 0.6) is 0 Å². The molecule has 0 radical (unpaired) electrons.